The number of nitrogens with zero attached hydrogens (tertiary/aromatic N) is 3. The topological polar surface area (TPSA) is 74.9 Å². The zero-order valence-electron chi connectivity index (χ0n) is 21.5. The Morgan fingerprint density at radius 1 is 1.08 bits per heavy atom. The van der Waals surface area contributed by atoms with E-state index in [1.54, 1.807) is 23.1 Å². The number of amides is 1. The molecule has 1 amide bonds. The molecule has 38 heavy (non-hydrogen) atoms. The van der Waals surface area contributed by atoms with Crippen LogP contribution >= 0.6 is 23.4 Å². The van der Waals surface area contributed by atoms with Crippen molar-refractivity contribution in [2.75, 3.05) is 13.2 Å². The molecule has 1 fully saturated rings. The molecule has 1 heterocycles. The van der Waals surface area contributed by atoms with Crippen LogP contribution in [0.15, 0.2) is 76.6 Å². The van der Waals surface area contributed by atoms with Gasteiger partial charge in [0, 0.05) is 17.1 Å². The predicted molar refractivity (Wildman–Crippen MR) is 154 cm³/mol. The lowest BCUT2D eigenvalue weighted by atomic mass is 10.1. The zero-order chi connectivity index (χ0) is 27.1. The number of carbonyl (C=O) groups excluding carboxylic acids is 1. The van der Waals surface area contributed by atoms with Gasteiger partial charge in [-0.1, -0.05) is 49.7 Å². The van der Waals surface area contributed by atoms with Gasteiger partial charge in [0.25, 0.3) is 5.91 Å². The summed E-state index contributed by atoms with van der Waals surface area (Å²) in [6, 6.07) is 22.3. The van der Waals surface area contributed by atoms with Gasteiger partial charge < -0.3 is 9.47 Å². The van der Waals surface area contributed by atoms with Crippen LogP contribution in [0.3, 0.4) is 0 Å². The molecular formula is C30H28ClN3O3S. The Kier molecular flexibility index (Phi) is 9.11. The number of amidine groups is 1. The number of benzene rings is 3. The lowest BCUT2D eigenvalue weighted by molar-refractivity contribution is -0.122. The maximum absolute atomic E-state index is 13.4. The largest absolute Gasteiger partial charge is 0.490 e. The van der Waals surface area contributed by atoms with Gasteiger partial charge in [-0.15, -0.1) is 0 Å². The summed E-state index contributed by atoms with van der Waals surface area (Å²) in [5, 5.41) is 10.6. The number of thioether (sulfide) groups is 1. The maximum atomic E-state index is 13.4. The van der Waals surface area contributed by atoms with Crippen molar-refractivity contribution in [2.45, 2.75) is 27.4 Å². The van der Waals surface area contributed by atoms with E-state index in [0.717, 1.165) is 16.8 Å². The van der Waals surface area contributed by atoms with E-state index < -0.39 is 0 Å². The van der Waals surface area contributed by atoms with Crippen molar-refractivity contribution in [2.24, 2.45) is 10.9 Å². The minimum atomic E-state index is -0.0807. The van der Waals surface area contributed by atoms with Gasteiger partial charge in [-0.3, -0.25) is 9.69 Å². The van der Waals surface area contributed by atoms with Crippen LogP contribution in [0.1, 0.15) is 37.5 Å². The number of ether oxygens (including phenoxy) is 2. The van der Waals surface area contributed by atoms with Crippen molar-refractivity contribution >= 4 is 46.2 Å². The molecule has 0 aliphatic carbocycles. The molecule has 0 unspecified atom stereocenters. The Labute approximate surface area is 232 Å². The van der Waals surface area contributed by atoms with E-state index in [4.69, 9.17) is 26.1 Å². The van der Waals surface area contributed by atoms with Crippen molar-refractivity contribution in [1.82, 2.24) is 4.90 Å². The first-order valence-electron chi connectivity index (χ1n) is 12.3. The van der Waals surface area contributed by atoms with Crippen LogP contribution in [0.4, 0.5) is 5.69 Å². The summed E-state index contributed by atoms with van der Waals surface area (Å²) < 4.78 is 11.9. The predicted octanol–water partition coefficient (Wildman–Crippen LogP) is 7.45. The van der Waals surface area contributed by atoms with Gasteiger partial charge in [0.05, 0.1) is 28.8 Å². The number of carbonyl (C=O) groups is 1. The molecule has 0 N–H and O–H groups in total. The van der Waals surface area contributed by atoms with E-state index in [-0.39, 0.29) is 18.4 Å². The molecule has 8 heteroatoms. The monoisotopic (exact) mass is 545 g/mol. The van der Waals surface area contributed by atoms with Gasteiger partial charge in [0.2, 0.25) is 0 Å². The average Bonchev–Trinajstić information content (AvgIpc) is 3.18. The molecule has 3 aromatic rings. The number of rotatable bonds is 9. The summed E-state index contributed by atoms with van der Waals surface area (Å²) in [7, 11) is 0. The number of aliphatic imine (C=N–C) groups is 1. The highest BCUT2D eigenvalue weighted by molar-refractivity contribution is 8.18. The van der Waals surface area contributed by atoms with Gasteiger partial charge in [-0.2, -0.15) is 5.26 Å². The van der Waals surface area contributed by atoms with Gasteiger partial charge in [-0.05, 0) is 78.7 Å². The van der Waals surface area contributed by atoms with Gasteiger partial charge in [-0.25, -0.2) is 4.99 Å². The van der Waals surface area contributed by atoms with Crippen molar-refractivity contribution in [3.8, 4) is 17.6 Å². The molecule has 0 atom stereocenters. The molecule has 1 saturated heterocycles. The van der Waals surface area contributed by atoms with Gasteiger partial charge >= 0.3 is 0 Å². The fraction of sp³-hybridized carbons (Fsp3) is 0.233. The fourth-order valence-corrected chi connectivity index (χ4v) is 4.94. The molecule has 1 aliphatic rings. The number of hydrogen-bond donors (Lipinski definition) is 0. The van der Waals surface area contributed by atoms with Crippen LogP contribution in [-0.2, 0) is 11.4 Å². The Bertz CT molecular complexity index is 1410. The third kappa shape index (κ3) is 6.77. The van der Waals surface area contributed by atoms with E-state index in [1.165, 1.54) is 11.8 Å². The van der Waals surface area contributed by atoms with Crippen molar-refractivity contribution in [1.29, 1.82) is 5.26 Å². The molecule has 1 aliphatic heterocycles. The van der Waals surface area contributed by atoms with Crippen LogP contribution in [0.2, 0.25) is 5.02 Å². The molecule has 0 radical (unpaired) electrons. The molecule has 0 bridgehead atoms. The van der Waals surface area contributed by atoms with Crippen molar-refractivity contribution < 1.29 is 14.3 Å². The normalized spacial score (nSPS) is 15.4. The minimum Gasteiger partial charge on any atom is -0.490 e. The molecule has 0 aromatic heterocycles. The lowest BCUT2D eigenvalue weighted by Gasteiger charge is -2.17. The molecular weight excluding hydrogens is 518 g/mol. The van der Waals surface area contributed by atoms with E-state index >= 15 is 0 Å². The van der Waals surface area contributed by atoms with Crippen LogP contribution < -0.4 is 9.47 Å². The minimum absolute atomic E-state index is 0.0807. The van der Waals surface area contributed by atoms with E-state index in [9.17, 15) is 10.1 Å². The second kappa shape index (κ2) is 12.7. The standard InChI is InChI=1S/C30H28ClN3O3S/c1-4-36-27-15-21(9-14-26(27)37-19-23-8-6-5-7-22(23)17-32)16-28-29(35)34(18-20(2)3)30(38-28)33-25-12-10-24(31)11-13-25/h5-16,20H,4,18-19H2,1-3H3/b28-16-,33-30?. The number of nitriles is 1. The summed E-state index contributed by atoms with van der Waals surface area (Å²) in [5.74, 6) is 1.34. The zero-order valence-corrected chi connectivity index (χ0v) is 23.1. The second-order valence-electron chi connectivity index (χ2n) is 8.99. The molecule has 3 aromatic carbocycles. The smallest absolute Gasteiger partial charge is 0.266 e. The van der Waals surface area contributed by atoms with Gasteiger partial charge in [0.15, 0.2) is 16.7 Å². The second-order valence-corrected chi connectivity index (χ2v) is 10.4. The van der Waals surface area contributed by atoms with Crippen LogP contribution in [0.5, 0.6) is 11.5 Å². The molecule has 0 saturated carbocycles. The molecule has 4 rings (SSSR count). The third-order valence-electron chi connectivity index (χ3n) is 5.57. The van der Waals surface area contributed by atoms with E-state index in [1.807, 2.05) is 61.5 Å². The first kappa shape index (κ1) is 27.3. The Morgan fingerprint density at radius 2 is 1.84 bits per heavy atom. The first-order chi connectivity index (χ1) is 18.4. The highest BCUT2D eigenvalue weighted by atomic mass is 35.5. The Morgan fingerprint density at radius 3 is 2.55 bits per heavy atom. The Balaban J connectivity index is 1.59. The maximum Gasteiger partial charge on any atom is 0.266 e. The highest BCUT2D eigenvalue weighted by Crippen LogP contribution is 2.36. The molecule has 194 valence electrons. The summed E-state index contributed by atoms with van der Waals surface area (Å²) in [5.41, 5.74) is 2.92. The summed E-state index contributed by atoms with van der Waals surface area (Å²) in [6.07, 6.45) is 1.85. The quantitative estimate of drug-likeness (QED) is 0.261. The van der Waals surface area contributed by atoms with Crippen LogP contribution in [0.25, 0.3) is 6.08 Å². The molecule has 0 spiro atoms. The summed E-state index contributed by atoms with van der Waals surface area (Å²) >= 11 is 7.36. The van der Waals surface area contributed by atoms with Crippen LogP contribution in [0, 0.1) is 17.2 Å². The van der Waals surface area contributed by atoms with Crippen molar-refractivity contribution in [3.63, 3.8) is 0 Å². The SMILES string of the molecule is CCOc1cc(/C=C2\SC(=Nc3ccc(Cl)cc3)N(CC(C)C)C2=O)ccc1OCc1ccccc1C#N. The fourth-order valence-electron chi connectivity index (χ4n) is 3.81. The number of halogens is 1. The van der Waals surface area contributed by atoms with Crippen molar-refractivity contribution in [3.05, 3.63) is 93.3 Å². The number of hydrogen-bond acceptors (Lipinski definition) is 6. The van der Waals surface area contributed by atoms with Gasteiger partial charge in [0.1, 0.15) is 6.61 Å². The summed E-state index contributed by atoms with van der Waals surface area (Å²) in [4.78, 5) is 20.4. The third-order valence-corrected chi connectivity index (χ3v) is 6.83. The molecule has 6 nitrogen and oxygen atoms in total. The first-order valence-corrected chi connectivity index (χ1v) is 13.5. The van der Waals surface area contributed by atoms with Crippen LogP contribution in [-0.4, -0.2) is 29.1 Å². The summed E-state index contributed by atoms with van der Waals surface area (Å²) in [6.45, 7) is 7.31. The lowest BCUT2D eigenvalue weighted by Crippen LogP contribution is -2.32. The van der Waals surface area contributed by atoms with E-state index in [2.05, 4.69) is 19.9 Å². The average molecular weight is 546 g/mol. The Hall–Kier alpha value is -3.73. The van der Waals surface area contributed by atoms with E-state index in [0.29, 0.717) is 45.3 Å². The highest BCUT2D eigenvalue weighted by Gasteiger charge is 2.33.